The zero-order chi connectivity index (χ0) is 20.3. The van der Waals surface area contributed by atoms with Gasteiger partial charge in [0.1, 0.15) is 5.75 Å². The summed E-state index contributed by atoms with van der Waals surface area (Å²) < 4.78 is 45.3. The summed E-state index contributed by atoms with van der Waals surface area (Å²) >= 11 is 0. The third-order valence-corrected chi connectivity index (χ3v) is 4.77. The zero-order valence-electron chi connectivity index (χ0n) is 15.3. The molecule has 0 bridgehead atoms. The maximum atomic E-state index is 13.4. The molecule has 3 rings (SSSR count). The Morgan fingerprint density at radius 2 is 1.71 bits per heavy atom. The van der Waals surface area contributed by atoms with Gasteiger partial charge in [-0.2, -0.15) is 13.2 Å². The molecule has 0 unspecified atom stereocenters. The van der Waals surface area contributed by atoms with E-state index in [4.69, 9.17) is 4.74 Å². The number of nitro groups is 1. The number of benzene rings is 2. The minimum atomic E-state index is -4.65. The molecule has 0 N–H and O–H groups in total. The predicted octanol–water partition coefficient (Wildman–Crippen LogP) is 3.94. The van der Waals surface area contributed by atoms with E-state index >= 15 is 0 Å². The summed E-state index contributed by atoms with van der Waals surface area (Å²) in [6.07, 6.45) is -4.65. The molecule has 150 valence electrons. The van der Waals surface area contributed by atoms with Crippen LogP contribution in [-0.4, -0.2) is 43.1 Å². The number of methoxy groups -OCH3 is 1. The Morgan fingerprint density at radius 3 is 2.25 bits per heavy atom. The smallest absolute Gasteiger partial charge is 0.418 e. The van der Waals surface area contributed by atoms with Gasteiger partial charge in [0.15, 0.2) is 0 Å². The average Bonchev–Trinajstić information content (AvgIpc) is 2.68. The van der Waals surface area contributed by atoms with Gasteiger partial charge in [-0.1, -0.05) is 12.1 Å². The van der Waals surface area contributed by atoms with Gasteiger partial charge in [0.2, 0.25) is 0 Å². The predicted molar refractivity (Wildman–Crippen MR) is 98.6 cm³/mol. The van der Waals surface area contributed by atoms with Gasteiger partial charge in [-0.25, -0.2) is 0 Å². The van der Waals surface area contributed by atoms with Crippen molar-refractivity contribution < 1.29 is 22.8 Å². The molecule has 0 aliphatic carbocycles. The van der Waals surface area contributed by atoms with Crippen LogP contribution in [-0.2, 0) is 12.7 Å². The standard InChI is InChI=1S/C19H20F3N3O3/c1-28-16-5-2-14(3-6-16)13-23-8-10-24(11-9-23)18-7-4-15(25(26)27)12-17(18)19(20,21)22/h2-7,12H,8-11,13H2,1H3. The minimum Gasteiger partial charge on any atom is -0.497 e. The van der Waals surface area contributed by atoms with Crippen LogP contribution in [0.15, 0.2) is 42.5 Å². The van der Waals surface area contributed by atoms with E-state index in [1.807, 2.05) is 24.3 Å². The Morgan fingerprint density at radius 1 is 1.07 bits per heavy atom. The van der Waals surface area contributed by atoms with E-state index in [2.05, 4.69) is 4.90 Å². The van der Waals surface area contributed by atoms with Crippen LogP contribution < -0.4 is 9.64 Å². The summed E-state index contributed by atoms with van der Waals surface area (Å²) in [7, 11) is 1.60. The number of non-ortho nitro benzene ring substituents is 1. The van der Waals surface area contributed by atoms with Crippen LogP contribution in [0, 0.1) is 10.1 Å². The maximum absolute atomic E-state index is 13.4. The average molecular weight is 395 g/mol. The molecule has 28 heavy (non-hydrogen) atoms. The minimum absolute atomic E-state index is 0.0119. The SMILES string of the molecule is COc1ccc(CN2CCN(c3ccc([N+](=O)[O-])cc3C(F)(F)F)CC2)cc1. The molecule has 1 aliphatic rings. The van der Waals surface area contributed by atoms with Crippen LogP contribution in [0.3, 0.4) is 0 Å². The van der Waals surface area contributed by atoms with Crippen LogP contribution in [0.5, 0.6) is 5.75 Å². The van der Waals surface area contributed by atoms with E-state index in [9.17, 15) is 23.3 Å². The molecule has 1 fully saturated rings. The molecular weight excluding hydrogens is 375 g/mol. The van der Waals surface area contributed by atoms with E-state index < -0.39 is 22.4 Å². The highest BCUT2D eigenvalue weighted by Gasteiger charge is 2.37. The summed E-state index contributed by atoms with van der Waals surface area (Å²) in [4.78, 5) is 13.8. The lowest BCUT2D eigenvalue weighted by Gasteiger charge is -2.37. The van der Waals surface area contributed by atoms with Gasteiger partial charge >= 0.3 is 6.18 Å². The highest BCUT2D eigenvalue weighted by molar-refractivity contribution is 5.59. The van der Waals surface area contributed by atoms with Gasteiger partial charge in [0, 0.05) is 50.5 Å². The van der Waals surface area contributed by atoms with E-state index in [1.165, 1.54) is 6.07 Å². The van der Waals surface area contributed by atoms with Crippen molar-refractivity contribution in [2.24, 2.45) is 0 Å². The molecule has 0 radical (unpaired) electrons. The second-order valence-corrected chi connectivity index (χ2v) is 6.57. The second-order valence-electron chi connectivity index (χ2n) is 6.57. The first-order valence-corrected chi connectivity index (χ1v) is 8.74. The van der Waals surface area contributed by atoms with Gasteiger partial charge in [-0.15, -0.1) is 0 Å². The molecule has 0 saturated carbocycles. The van der Waals surface area contributed by atoms with Crippen molar-refractivity contribution in [1.29, 1.82) is 0 Å². The summed E-state index contributed by atoms with van der Waals surface area (Å²) in [5, 5.41) is 10.8. The third-order valence-electron chi connectivity index (χ3n) is 4.77. The largest absolute Gasteiger partial charge is 0.497 e. The summed E-state index contributed by atoms with van der Waals surface area (Å²) in [5.74, 6) is 0.770. The van der Waals surface area contributed by atoms with Gasteiger partial charge < -0.3 is 9.64 Å². The zero-order valence-corrected chi connectivity index (χ0v) is 15.3. The van der Waals surface area contributed by atoms with Crippen molar-refractivity contribution in [3.8, 4) is 5.75 Å². The third kappa shape index (κ3) is 4.53. The van der Waals surface area contributed by atoms with Gasteiger partial charge in [0.05, 0.1) is 17.6 Å². The summed E-state index contributed by atoms with van der Waals surface area (Å²) in [6.45, 7) is 2.72. The molecule has 1 aliphatic heterocycles. The lowest BCUT2D eigenvalue weighted by Crippen LogP contribution is -2.46. The van der Waals surface area contributed by atoms with Crippen LogP contribution in [0.2, 0.25) is 0 Å². The second kappa shape index (κ2) is 8.05. The number of hydrogen-bond donors (Lipinski definition) is 0. The Kier molecular flexibility index (Phi) is 5.73. The highest BCUT2D eigenvalue weighted by Crippen LogP contribution is 2.39. The normalized spacial score (nSPS) is 15.5. The van der Waals surface area contributed by atoms with Gasteiger partial charge in [0.25, 0.3) is 5.69 Å². The van der Waals surface area contributed by atoms with Crippen molar-refractivity contribution >= 4 is 11.4 Å². The highest BCUT2D eigenvalue weighted by atomic mass is 19.4. The summed E-state index contributed by atoms with van der Waals surface area (Å²) in [6, 6.07) is 10.6. The lowest BCUT2D eigenvalue weighted by molar-refractivity contribution is -0.385. The summed E-state index contributed by atoms with van der Waals surface area (Å²) in [5.41, 5.74) is -0.442. The Bertz CT molecular complexity index is 833. The Hall–Kier alpha value is -2.81. The Balaban J connectivity index is 1.69. The van der Waals surface area contributed by atoms with Crippen LogP contribution in [0.25, 0.3) is 0 Å². The van der Waals surface area contributed by atoms with E-state index in [-0.39, 0.29) is 5.69 Å². The van der Waals surface area contributed by atoms with E-state index in [1.54, 1.807) is 12.0 Å². The van der Waals surface area contributed by atoms with Crippen LogP contribution in [0.1, 0.15) is 11.1 Å². The Labute approximate surface area is 160 Å². The fourth-order valence-corrected chi connectivity index (χ4v) is 3.28. The van der Waals surface area contributed by atoms with Gasteiger partial charge in [-0.3, -0.25) is 15.0 Å². The number of nitro benzene ring substituents is 1. The van der Waals surface area contributed by atoms with Crippen molar-refractivity contribution in [3.63, 3.8) is 0 Å². The van der Waals surface area contributed by atoms with Crippen LogP contribution in [0.4, 0.5) is 24.5 Å². The van der Waals surface area contributed by atoms with Crippen molar-refractivity contribution in [2.75, 3.05) is 38.2 Å². The molecule has 0 aromatic heterocycles. The first-order valence-electron chi connectivity index (χ1n) is 8.74. The molecule has 6 nitrogen and oxygen atoms in total. The van der Waals surface area contributed by atoms with Crippen molar-refractivity contribution in [3.05, 3.63) is 63.7 Å². The first-order chi connectivity index (χ1) is 13.3. The molecule has 2 aromatic rings. The molecule has 2 aromatic carbocycles. The number of piperazine rings is 1. The molecule has 1 heterocycles. The molecule has 0 atom stereocenters. The molecule has 1 saturated heterocycles. The molecule has 0 spiro atoms. The number of halogens is 3. The van der Waals surface area contributed by atoms with Gasteiger partial charge in [-0.05, 0) is 23.8 Å². The van der Waals surface area contributed by atoms with E-state index in [0.717, 1.165) is 17.4 Å². The number of ether oxygens (including phenoxy) is 1. The number of alkyl halides is 3. The quantitative estimate of drug-likeness (QED) is 0.567. The van der Waals surface area contributed by atoms with Crippen LogP contribution >= 0.6 is 0 Å². The monoisotopic (exact) mass is 395 g/mol. The van der Waals surface area contributed by atoms with Crippen molar-refractivity contribution in [1.82, 2.24) is 4.90 Å². The number of hydrogen-bond acceptors (Lipinski definition) is 5. The van der Waals surface area contributed by atoms with Crippen molar-refractivity contribution in [2.45, 2.75) is 12.7 Å². The number of rotatable bonds is 5. The maximum Gasteiger partial charge on any atom is 0.418 e. The molecule has 0 amide bonds. The lowest BCUT2D eigenvalue weighted by atomic mass is 10.1. The first kappa shape index (κ1) is 19.9. The molecular formula is C19H20F3N3O3. The molecule has 9 heteroatoms. The number of anilines is 1. The number of nitrogens with zero attached hydrogens (tertiary/aromatic N) is 3. The topological polar surface area (TPSA) is 58.8 Å². The fourth-order valence-electron chi connectivity index (χ4n) is 3.28. The van der Waals surface area contributed by atoms with E-state index in [0.29, 0.717) is 38.8 Å². The fraction of sp³-hybridized carbons (Fsp3) is 0.368.